The quantitative estimate of drug-likeness (QED) is 0.0965. The molecule has 0 saturated heterocycles. The van der Waals surface area contributed by atoms with Crippen molar-refractivity contribution >= 4 is 34.0 Å². The predicted molar refractivity (Wildman–Crippen MR) is 134 cm³/mol. The van der Waals surface area contributed by atoms with Crippen LogP contribution in [0.5, 0.6) is 0 Å². The molecule has 1 amide bonds. The van der Waals surface area contributed by atoms with E-state index in [1.807, 2.05) is 30.3 Å². The third kappa shape index (κ3) is 9.22. The summed E-state index contributed by atoms with van der Waals surface area (Å²) in [5.74, 6) is -0.640. The summed E-state index contributed by atoms with van der Waals surface area (Å²) in [5.41, 5.74) is 11.2. The van der Waals surface area contributed by atoms with Gasteiger partial charge in [0.25, 0.3) is 15.8 Å². The summed E-state index contributed by atoms with van der Waals surface area (Å²) in [6.07, 6.45) is 3.78. The minimum absolute atomic E-state index is 0.0621. The molecule has 1 aromatic heterocycles. The molecule has 0 bridgehead atoms. The van der Waals surface area contributed by atoms with Gasteiger partial charge in [0.2, 0.25) is 5.91 Å². The maximum atomic E-state index is 13.1. The van der Waals surface area contributed by atoms with E-state index in [2.05, 4.69) is 19.8 Å². The molecular formula is C22H31N7O5S. The van der Waals surface area contributed by atoms with Crippen molar-refractivity contribution in [3.8, 4) is 0 Å². The number of anilines is 1. The molecule has 1 unspecified atom stereocenters. The van der Waals surface area contributed by atoms with Crippen LogP contribution in [0.25, 0.3) is 0 Å². The number of aromatic nitrogens is 1. The van der Waals surface area contributed by atoms with E-state index in [1.54, 1.807) is 6.07 Å². The lowest BCUT2D eigenvalue weighted by atomic mass is 10.0. The van der Waals surface area contributed by atoms with Crippen LogP contribution >= 0.6 is 0 Å². The fourth-order valence-electron chi connectivity index (χ4n) is 3.26. The van der Waals surface area contributed by atoms with E-state index in [-0.39, 0.29) is 11.6 Å². The van der Waals surface area contributed by atoms with E-state index in [4.69, 9.17) is 11.5 Å². The smallest absolute Gasteiger partial charge is 0.299 e. The van der Waals surface area contributed by atoms with Crippen LogP contribution in [0.3, 0.4) is 0 Å². The standard InChI is InChI=1S/C22H31N7O5S/c1-25-35(33,34)28-20-17(10-9-16-6-3-2-4-7-16)11-13-29(21(20)32)14-19(31)27-18(15-30)8-5-12-26-22(23)24/h2-4,6-7,11,13,15,18,25,28H,5,8-10,12,14H2,1H3,(H,27,31)(H4,23,24,26). The minimum Gasteiger partial charge on any atom is -0.370 e. The Hall–Kier alpha value is -3.71. The lowest BCUT2D eigenvalue weighted by Crippen LogP contribution is -2.40. The molecule has 0 spiro atoms. The Labute approximate surface area is 204 Å². The van der Waals surface area contributed by atoms with Crippen molar-refractivity contribution in [2.45, 2.75) is 38.3 Å². The summed E-state index contributed by atoms with van der Waals surface area (Å²) in [5, 5.41) is 2.54. The number of aliphatic imine (C=N–C) groups is 1. The number of carbonyl (C=O) groups is 2. The molecule has 1 heterocycles. The number of aldehydes is 1. The molecule has 1 aromatic carbocycles. The number of benzene rings is 1. The van der Waals surface area contributed by atoms with E-state index in [0.29, 0.717) is 44.1 Å². The van der Waals surface area contributed by atoms with E-state index >= 15 is 0 Å². The highest BCUT2D eigenvalue weighted by Crippen LogP contribution is 2.15. The number of guanidine groups is 1. The van der Waals surface area contributed by atoms with Crippen LogP contribution in [0.4, 0.5) is 5.69 Å². The van der Waals surface area contributed by atoms with Gasteiger partial charge in [-0.25, -0.2) is 4.72 Å². The zero-order chi connectivity index (χ0) is 25.8. The first-order valence-electron chi connectivity index (χ1n) is 10.9. The summed E-state index contributed by atoms with van der Waals surface area (Å²) >= 11 is 0. The Morgan fingerprint density at radius 2 is 1.89 bits per heavy atom. The zero-order valence-electron chi connectivity index (χ0n) is 19.4. The monoisotopic (exact) mass is 505 g/mol. The van der Waals surface area contributed by atoms with Gasteiger partial charge in [0.1, 0.15) is 18.5 Å². The molecule has 0 aliphatic carbocycles. The Bertz CT molecular complexity index is 1190. The first kappa shape index (κ1) is 27.5. The second kappa shape index (κ2) is 13.2. The molecule has 0 aliphatic rings. The van der Waals surface area contributed by atoms with Crippen LogP contribution < -0.4 is 31.8 Å². The van der Waals surface area contributed by atoms with Gasteiger partial charge in [0.15, 0.2) is 5.96 Å². The van der Waals surface area contributed by atoms with Crippen LogP contribution in [-0.2, 0) is 39.2 Å². The molecule has 2 rings (SSSR count). The molecule has 0 aliphatic heterocycles. The fourth-order valence-corrected chi connectivity index (χ4v) is 3.85. The van der Waals surface area contributed by atoms with Gasteiger partial charge in [-0.15, -0.1) is 0 Å². The van der Waals surface area contributed by atoms with Gasteiger partial charge in [-0.1, -0.05) is 30.3 Å². The number of pyridine rings is 1. The average molecular weight is 506 g/mol. The number of aryl methyl sites for hydroxylation is 2. The molecule has 35 heavy (non-hydrogen) atoms. The second-order valence-electron chi connectivity index (χ2n) is 7.70. The van der Waals surface area contributed by atoms with Gasteiger partial charge < -0.3 is 26.1 Å². The van der Waals surface area contributed by atoms with E-state index in [9.17, 15) is 22.8 Å². The highest BCUT2D eigenvalue weighted by Gasteiger charge is 2.18. The maximum absolute atomic E-state index is 13.1. The molecule has 7 N–H and O–H groups in total. The highest BCUT2D eigenvalue weighted by molar-refractivity contribution is 7.90. The van der Waals surface area contributed by atoms with Gasteiger partial charge >= 0.3 is 0 Å². The summed E-state index contributed by atoms with van der Waals surface area (Å²) < 4.78 is 29.7. The van der Waals surface area contributed by atoms with E-state index in [1.165, 1.54) is 13.2 Å². The third-order valence-electron chi connectivity index (χ3n) is 5.07. The average Bonchev–Trinajstić information content (AvgIpc) is 2.83. The summed E-state index contributed by atoms with van der Waals surface area (Å²) in [6.45, 7) is -0.0915. The number of rotatable bonds is 14. The maximum Gasteiger partial charge on any atom is 0.299 e. The molecule has 2 aromatic rings. The molecule has 0 fully saturated rings. The van der Waals surface area contributed by atoms with Crippen LogP contribution in [0.15, 0.2) is 52.4 Å². The lowest BCUT2D eigenvalue weighted by molar-refractivity contribution is -0.124. The summed E-state index contributed by atoms with van der Waals surface area (Å²) in [6, 6.07) is 10.4. The van der Waals surface area contributed by atoms with E-state index < -0.39 is 34.3 Å². The van der Waals surface area contributed by atoms with Crippen molar-refractivity contribution in [1.82, 2.24) is 14.6 Å². The SMILES string of the molecule is CNS(=O)(=O)Nc1c(CCc2ccccc2)ccn(CC(=O)NC(C=O)CCCN=C(N)N)c1=O. The van der Waals surface area contributed by atoms with Crippen molar-refractivity contribution in [1.29, 1.82) is 0 Å². The molecular weight excluding hydrogens is 474 g/mol. The molecule has 12 nitrogen and oxygen atoms in total. The predicted octanol–water partition coefficient (Wildman–Crippen LogP) is -0.753. The van der Waals surface area contributed by atoms with Crippen LogP contribution in [0.2, 0.25) is 0 Å². The van der Waals surface area contributed by atoms with Gasteiger partial charge in [-0.2, -0.15) is 8.42 Å². The highest BCUT2D eigenvalue weighted by atomic mass is 32.2. The number of nitrogens with zero attached hydrogens (tertiary/aromatic N) is 2. The van der Waals surface area contributed by atoms with Crippen molar-refractivity contribution in [2.75, 3.05) is 18.3 Å². The first-order chi connectivity index (χ1) is 16.6. The molecule has 0 radical (unpaired) electrons. The number of hydrogen-bond acceptors (Lipinski definition) is 6. The fraction of sp³-hybridized carbons (Fsp3) is 0.364. The zero-order valence-corrected chi connectivity index (χ0v) is 20.3. The van der Waals surface area contributed by atoms with Crippen LogP contribution in [-0.4, -0.2) is 50.8 Å². The van der Waals surface area contributed by atoms with Crippen molar-refractivity contribution in [3.05, 3.63) is 64.1 Å². The Morgan fingerprint density at radius 3 is 2.51 bits per heavy atom. The Kier molecular flexibility index (Phi) is 10.4. The van der Waals surface area contributed by atoms with Gasteiger partial charge in [-0.3, -0.25) is 19.3 Å². The van der Waals surface area contributed by atoms with Crippen molar-refractivity contribution < 1.29 is 18.0 Å². The van der Waals surface area contributed by atoms with Gasteiger partial charge in [0, 0.05) is 19.8 Å². The Balaban J connectivity index is 2.17. The number of carbonyl (C=O) groups excluding carboxylic acids is 2. The number of nitrogens with two attached hydrogens (primary N) is 2. The minimum atomic E-state index is -3.98. The summed E-state index contributed by atoms with van der Waals surface area (Å²) in [4.78, 5) is 40.7. The van der Waals surface area contributed by atoms with Crippen LogP contribution in [0.1, 0.15) is 24.0 Å². The van der Waals surface area contributed by atoms with Gasteiger partial charge in [0.05, 0.1) is 6.04 Å². The third-order valence-corrected chi connectivity index (χ3v) is 6.09. The topological polar surface area (TPSA) is 191 Å². The van der Waals surface area contributed by atoms with Crippen molar-refractivity contribution in [2.24, 2.45) is 16.5 Å². The Morgan fingerprint density at radius 1 is 1.17 bits per heavy atom. The van der Waals surface area contributed by atoms with Gasteiger partial charge in [-0.05, 0) is 42.9 Å². The largest absolute Gasteiger partial charge is 0.370 e. The van der Waals surface area contributed by atoms with E-state index in [0.717, 1.165) is 10.1 Å². The number of nitrogens with one attached hydrogen (secondary N) is 3. The summed E-state index contributed by atoms with van der Waals surface area (Å²) in [7, 11) is -2.76. The molecule has 13 heteroatoms. The second-order valence-corrected chi connectivity index (χ2v) is 9.32. The number of amides is 1. The molecule has 0 saturated carbocycles. The normalized spacial score (nSPS) is 11.9. The molecule has 1 atom stereocenters. The van der Waals surface area contributed by atoms with Crippen molar-refractivity contribution in [3.63, 3.8) is 0 Å². The first-order valence-corrected chi connectivity index (χ1v) is 12.4. The lowest BCUT2D eigenvalue weighted by Gasteiger charge is -2.16. The number of hydrogen-bond donors (Lipinski definition) is 5. The van der Waals surface area contributed by atoms with Crippen LogP contribution in [0, 0.1) is 0 Å². The molecule has 190 valence electrons.